The van der Waals surface area contributed by atoms with Crippen LogP contribution in [0.25, 0.3) is 5.69 Å². The summed E-state index contributed by atoms with van der Waals surface area (Å²) in [5, 5.41) is 22.1. The van der Waals surface area contributed by atoms with Crippen LogP contribution in [0.4, 0.5) is 0 Å². The number of rotatable bonds is 5. The highest BCUT2D eigenvalue weighted by Gasteiger charge is 2.18. The molecule has 0 aliphatic carbocycles. The van der Waals surface area contributed by atoms with Crippen LogP contribution in [0.2, 0.25) is 0 Å². The number of hydrogen-bond donors (Lipinski definition) is 1. The normalized spacial score (nSPS) is 11.7. The summed E-state index contributed by atoms with van der Waals surface area (Å²) in [6, 6.07) is 5.82. The summed E-state index contributed by atoms with van der Waals surface area (Å²) >= 11 is 1.40. The Morgan fingerprint density at radius 1 is 1.40 bits per heavy atom. The van der Waals surface area contributed by atoms with Crippen LogP contribution >= 0.6 is 11.8 Å². The van der Waals surface area contributed by atoms with Gasteiger partial charge in [0.25, 0.3) is 0 Å². The molecule has 108 valence electrons. The van der Waals surface area contributed by atoms with Crippen LogP contribution in [-0.2, 0) is 0 Å². The molecule has 0 atom stereocenters. The number of aryl methyl sites for hydroxylation is 1. The molecule has 0 amide bonds. The Morgan fingerprint density at radius 3 is 2.80 bits per heavy atom. The predicted octanol–water partition coefficient (Wildman–Crippen LogP) is 1.84. The van der Waals surface area contributed by atoms with Crippen LogP contribution in [0.15, 0.2) is 23.4 Å². The van der Waals surface area contributed by atoms with Crippen molar-refractivity contribution in [3.05, 3.63) is 23.8 Å². The Bertz CT molecular complexity index is 592. The van der Waals surface area contributed by atoms with E-state index >= 15 is 0 Å². The van der Waals surface area contributed by atoms with Crippen LogP contribution < -0.4 is 4.74 Å². The first-order valence-electron chi connectivity index (χ1n) is 6.19. The predicted molar refractivity (Wildman–Crippen MR) is 77.5 cm³/mol. The van der Waals surface area contributed by atoms with Gasteiger partial charge in [0.1, 0.15) is 11.4 Å². The van der Waals surface area contributed by atoms with E-state index in [0.717, 1.165) is 11.3 Å². The van der Waals surface area contributed by atoms with Gasteiger partial charge in [0.05, 0.1) is 12.7 Å². The van der Waals surface area contributed by atoms with Crippen molar-refractivity contribution in [2.45, 2.75) is 31.5 Å². The third-order valence-corrected chi connectivity index (χ3v) is 3.92. The number of methoxy groups -OCH3 is 1. The number of tetrazole rings is 1. The molecular weight excluding hydrogens is 276 g/mol. The van der Waals surface area contributed by atoms with Gasteiger partial charge in [-0.25, -0.2) is 0 Å². The molecular formula is C13H18N4O2S. The van der Waals surface area contributed by atoms with Gasteiger partial charge in [-0.05, 0) is 48.9 Å². The molecule has 0 spiro atoms. The molecule has 2 aromatic rings. The average Bonchev–Trinajstić information content (AvgIpc) is 2.83. The largest absolute Gasteiger partial charge is 0.494 e. The lowest BCUT2D eigenvalue weighted by molar-refractivity contribution is 0.107. The van der Waals surface area contributed by atoms with Crippen molar-refractivity contribution in [2.75, 3.05) is 12.9 Å². The third kappa shape index (κ3) is 3.49. The van der Waals surface area contributed by atoms with Crippen molar-refractivity contribution >= 4 is 11.8 Å². The molecule has 20 heavy (non-hydrogen) atoms. The minimum absolute atomic E-state index is 0.501. The zero-order valence-electron chi connectivity index (χ0n) is 12.0. The highest BCUT2D eigenvalue weighted by molar-refractivity contribution is 7.99. The second-order valence-electron chi connectivity index (χ2n) is 5.15. The molecule has 0 aliphatic heterocycles. The molecule has 0 radical (unpaired) electrons. The Kier molecular flexibility index (Phi) is 4.29. The highest BCUT2D eigenvalue weighted by atomic mass is 32.2. The lowest BCUT2D eigenvalue weighted by atomic mass is 10.2. The molecule has 0 saturated carbocycles. The summed E-state index contributed by atoms with van der Waals surface area (Å²) in [5.74, 6) is 1.20. The zero-order chi connectivity index (χ0) is 14.8. The van der Waals surface area contributed by atoms with Gasteiger partial charge >= 0.3 is 0 Å². The van der Waals surface area contributed by atoms with Gasteiger partial charge in [-0.1, -0.05) is 17.8 Å². The van der Waals surface area contributed by atoms with E-state index < -0.39 is 5.60 Å². The fraction of sp³-hybridized carbons (Fsp3) is 0.462. The summed E-state index contributed by atoms with van der Waals surface area (Å²) in [4.78, 5) is 0. The van der Waals surface area contributed by atoms with Crippen molar-refractivity contribution in [3.63, 3.8) is 0 Å². The minimum Gasteiger partial charge on any atom is -0.494 e. The highest BCUT2D eigenvalue weighted by Crippen LogP contribution is 2.28. The van der Waals surface area contributed by atoms with Crippen molar-refractivity contribution < 1.29 is 9.84 Å². The van der Waals surface area contributed by atoms with Crippen LogP contribution in [0.3, 0.4) is 0 Å². The first-order valence-corrected chi connectivity index (χ1v) is 7.18. The molecule has 7 heteroatoms. The second kappa shape index (κ2) is 5.80. The molecule has 1 aromatic heterocycles. The van der Waals surface area contributed by atoms with Gasteiger partial charge in [-0.3, -0.25) is 0 Å². The SMILES string of the molecule is COc1ccc(C)cc1-n1nnnc1SCC(C)(C)O. The first kappa shape index (κ1) is 14.8. The summed E-state index contributed by atoms with van der Waals surface area (Å²) in [6.45, 7) is 5.50. The maximum atomic E-state index is 9.80. The van der Waals surface area contributed by atoms with E-state index in [4.69, 9.17) is 4.74 Å². The zero-order valence-corrected chi connectivity index (χ0v) is 12.8. The van der Waals surface area contributed by atoms with Crippen LogP contribution in [-0.4, -0.2) is 43.8 Å². The molecule has 6 nitrogen and oxygen atoms in total. The van der Waals surface area contributed by atoms with Crippen molar-refractivity contribution in [1.82, 2.24) is 20.2 Å². The second-order valence-corrected chi connectivity index (χ2v) is 6.09. The molecule has 0 aliphatic rings. The van der Waals surface area contributed by atoms with Gasteiger partial charge in [0, 0.05) is 5.75 Å². The molecule has 0 bridgehead atoms. The number of benzene rings is 1. The summed E-state index contributed by atoms with van der Waals surface area (Å²) in [7, 11) is 1.61. The number of aliphatic hydroxyl groups is 1. The molecule has 1 N–H and O–H groups in total. The number of aromatic nitrogens is 4. The quantitative estimate of drug-likeness (QED) is 0.848. The van der Waals surface area contributed by atoms with Gasteiger partial charge < -0.3 is 9.84 Å². The molecule has 1 heterocycles. The smallest absolute Gasteiger partial charge is 0.214 e. The van der Waals surface area contributed by atoms with E-state index in [9.17, 15) is 5.11 Å². The van der Waals surface area contributed by atoms with E-state index in [0.29, 0.717) is 16.7 Å². The van der Waals surface area contributed by atoms with Gasteiger partial charge in [0.15, 0.2) is 0 Å². The number of thioether (sulfide) groups is 1. The summed E-state index contributed by atoms with van der Waals surface area (Å²) in [6.07, 6.45) is 0. The maximum absolute atomic E-state index is 9.80. The Labute approximate surface area is 122 Å². The topological polar surface area (TPSA) is 73.1 Å². The van der Waals surface area contributed by atoms with E-state index in [1.54, 1.807) is 25.6 Å². The lowest BCUT2D eigenvalue weighted by Gasteiger charge is -2.16. The molecule has 0 saturated heterocycles. The number of ether oxygens (including phenoxy) is 1. The van der Waals surface area contributed by atoms with Gasteiger partial charge in [-0.2, -0.15) is 4.68 Å². The fourth-order valence-corrected chi connectivity index (χ4v) is 2.46. The summed E-state index contributed by atoms with van der Waals surface area (Å²) < 4.78 is 6.98. The van der Waals surface area contributed by atoms with Crippen LogP contribution in [0, 0.1) is 6.92 Å². The van der Waals surface area contributed by atoms with E-state index in [1.807, 2.05) is 25.1 Å². The van der Waals surface area contributed by atoms with E-state index in [2.05, 4.69) is 15.5 Å². The lowest BCUT2D eigenvalue weighted by Crippen LogP contribution is -2.22. The van der Waals surface area contributed by atoms with Crippen LogP contribution in [0.5, 0.6) is 5.75 Å². The minimum atomic E-state index is -0.780. The Balaban J connectivity index is 2.34. The standard InChI is InChI=1S/C13H18N4O2S/c1-9-5-6-11(19-4)10(7-9)17-12(14-15-16-17)20-8-13(2,3)18/h5-7,18H,8H2,1-4H3. The Hall–Kier alpha value is -1.60. The van der Waals surface area contributed by atoms with E-state index in [-0.39, 0.29) is 0 Å². The maximum Gasteiger partial charge on any atom is 0.214 e. The van der Waals surface area contributed by atoms with Crippen molar-refractivity contribution in [3.8, 4) is 11.4 Å². The van der Waals surface area contributed by atoms with Crippen molar-refractivity contribution in [1.29, 1.82) is 0 Å². The first-order chi connectivity index (χ1) is 9.40. The van der Waals surface area contributed by atoms with Crippen LogP contribution in [0.1, 0.15) is 19.4 Å². The van der Waals surface area contributed by atoms with Gasteiger partial charge in [-0.15, -0.1) is 5.10 Å². The fourth-order valence-electron chi connectivity index (χ4n) is 1.63. The molecule has 1 aromatic carbocycles. The van der Waals surface area contributed by atoms with Crippen molar-refractivity contribution in [2.24, 2.45) is 0 Å². The molecule has 0 unspecified atom stereocenters. The Morgan fingerprint density at radius 2 is 2.15 bits per heavy atom. The van der Waals surface area contributed by atoms with Gasteiger partial charge in [0.2, 0.25) is 5.16 Å². The summed E-state index contributed by atoms with van der Waals surface area (Å²) in [5.41, 5.74) is 1.10. The molecule has 2 rings (SSSR count). The average molecular weight is 294 g/mol. The van der Waals surface area contributed by atoms with E-state index in [1.165, 1.54) is 11.8 Å². The number of nitrogens with zero attached hydrogens (tertiary/aromatic N) is 4. The number of hydrogen-bond acceptors (Lipinski definition) is 6. The third-order valence-electron chi connectivity index (χ3n) is 2.56. The monoisotopic (exact) mass is 294 g/mol. The molecule has 0 fully saturated rings.